The van der Waals surface area contributed by atoms with Crippen molar-refractivity contribution in [3.63, 3.8) is 0 Å². The molecule has 0 aliphatic carbocycles. The Morgan fingerprint density at radius 2 is 2.17 bits per heavy atom. The maximum absolute atomic E-state index is 13.8. The number of hydrogen-bond acceptors (Lipinski definition) is 3. The maximum Gasteiger partial charge on any atom is 0.128 e. The third-order valence-electron chi connectivity index (χ3n) is 3.85. The lowest BCUT2D eigenvalue weighted by Gasteiger charge is -2.28. The first kappa shape index (κ1) is 13.5. The fraction of sp³-hybridized carbons (Fsp3) is 0.571. The molecule has 0 amide bonds. The third kappa shape index (κ3) is 2.71. The monoisotopic (exact) mass is 251 g/mol. The van der Waals surface area contributed by atoms with Gasteiger partial charge in [0, 0.05) is 37.3 Å². The van der Waals surface area contributed by atoms with E-state index in [1.807, 2.05) is 12.1 Å². The minimum absolute atomic E-state index is 0.00356. The van der Waals surface area contributed by atoms with E-state index in [0.29, 0.717) is 12.6 Å². The van der Waals surface area contributed by atoms with E-state index in [1.54, 1.807) is 6.07 Å². The molecule has 3 nitrogen and oxygen atoms in total. The summed E-state index contributed by atoms with van der Waals surface area (Å²) in [6.07, 6.45) is 1.12. The second-order valence-electron chi connectivity index (χ2n) is 5.17. The summed E-state index contributed by atoms with van der Waals surface area (Å²) in [7, 11) is 4.18. The van der Waals surface area contributed by atoms with Crippen LogP contribution in [0.25, 0.3) is 0 Å². The smallest absolute Gasteiger partial charge is 0.128 e. The lowest BCUT2D eigenvalue weighted by molar-refractivity contribution is 0.217. The Kier molecular flexibility index (Phi) is 4.32. The topological polar surface area (TPSA) is 32.5 Å². The number of rotatable bonds is 4. The van der Waals surface area contributed by atoms with Crippen molar-refractivity contribution < 1.29 is 4.39 Å². The van der Waals surface area contributed by atoms with E-state index < -0.39 is 0 Å². The van der Waals surface area contributed by atoms with Crippen LogP contribution in [-0.2, 0) is 0 Å². The number of likely N-dealkylation sites (N-methyl/N-ethyl adjacent to an activating group) is 1. The minimum atomic E-state index is -0.152. The van der Waals surface area contributed by atoms with Crippen LogP contribution in [0, 0.1) is 5.82 Å². The molecule has 1 aromatic carbocycles. The van der Waals surface area contributed by atoms with Crippen molar-refractivity contribution in [3.8, 4) is 0 Å². The molecule has 4 heteroatoms. The van der Waals surface area contributed by atoms with Gasteiger partial charge in [-0.1, -0.05) is 18.2 Å². The fourth-order valence-electron chi connectivity index (χ4n) is 2.69. The molecule has 0 radical (unpaired) electrons. The Morgan fingerprint density at radius 1 is 1.44 bits per heavy atom. The van der Waals surface area contributed by atoms with Gasteiger partial charge in [-0.25, -0.2) is 4.39 Å². The van der Waals surface area contributed by atoms with Gasteiger partial charge in [-0.3, -0.25) is 4.90 Å². The predicted octanol–water partition coefficient (Wildman–Crippen LogP) is 1.46. The molecule has 1 fully saturated rings. The third-order valence-corrected chi connectivity index (χ3v) is 3.85. The number of nitrogens with two attached hydrogens (primary N) is 1. The minimum Gasteiger partial charge on any atom is -0.329 e. The van der Waals surface area contributed by atoms with Crippen LogP contribution in [0.5, 0.6) is 0 Å². The van der Waals surface area contributed by atoms with Crippen molar-refractivity contribution >= 4 is 0 Å². The van der Waals surface area contributed by atoms with E-state index in [-0.39, 0.29) is 11.9 Å². The summed E-state index contributed by atoms with van der Waals surface area (Å²) < 4.78 is 13.8. The average Bonchev–Trinajstić information content (AvgIpc) is 2.82. The van der Waals surface area contributed by atoms with E-state index in [2.05, 4.69) is 23.9 Å². The van der Waals surface area contributed by atoms with E-state index >= 15 is 0 Å². The van der Waals surface area contributed by atoms with E-state index in [9.17, 15) is 4.39 Å². The van der Waals surface area contributed by atoms with Crippen molar-refractivity contribution in [1.29, 1.82) is 0 Å². The van der Waals surface area contributed by atoms with Crippen LogP contribution in [0.15, 0.2) is 24.3 Å². The average molecular weight is 251 g/mol. The van der Waals surface area contributed by atoms with Gasteiger partial charge in [0.15, 0.2) is 0 Å². The van der Waals surface area contributed by atoms with Crippen LogP contribution in [0.4, 0.5) is 4.39 Å². The Labute approximate surface area is 108 Å². The SMILES string of the molecule is CN(C)C1CCN(C(CN)c2ccccc2F)C1. The lowest BCUT2D eigenvalue weighted by Crippen LogP contribution is -2.36. The van der Waals surface area contributed by atoms with E-state index in [1.165, 1.54) is 6.07 Å². The highest BCUT2D eigenvalue weighted by atomic mass is 19.1. The molecule has 1 saturated heterocycles. The van der Waals surface area contributed by atoms with E-state index in [4.69, 9.17) is 5.73 Å². The summed E-state index contributed by atoms with van der Waals surface area (Å²) in [6, 6.07) is 7.49. The van der Waals surface area contributed by atoms with Crippen LogP contribution in [0.3, 0.4) is 0 Å². The molecule has 100 valence electrons. The summed E-state index contributed by atoms with van der Waals surface area (Å²) >= 11 is 0. The zero-order valence-corrected chi connectivity index (χ0v) is 11.1. The molecule has 1 aromatic rings. The van der Waals surface area contributed by atoms with Crippen molar-refractivity contribution in [2.75, 3.05) is 33.7 Å². The highest BCUT2D eigenvalue weighted by Gasteiger charge is 2.30. The van der Waals surface area contributed by atoms with Gasteiger partial charge < -0.3 is 10.6 Å². The first-order chi connectivity index (χ1) is 8.63. The maximum atomic E-state index is 13.8. The predicted molar refractivity (Wildman–Crippen MR) is 71.9 cm³/mol. The number of nitrogens with zero attached hydrogens (tertiary/aromatic N) is 2. The standard InChI is InChI=1S/C14H22FN3/c1-17(2)11-7-8-18(10-11)14(9-16)12-5-3-4-6-13(12)15/h3-6,11,14H,7-10,16H2,1-2H3. The van der Waals surface area contributed by atoms with Crippen LogP contribution < -0.4 is 5.73 Å². The molecule has 0 spiro atoms. The second-order valence-corrected chi connectivity index (χ2v) is 5.17. The zero-order chi connectivity index (χ0) is 13.1. The Bertz CT molecular complexity index is 394. The molecule has 2 unspecified atom stereocenters. The van der Waals surface area contributed by atoms with Crippen molar-refractivity contribution in [1.82, 2.24) is 9.80 Å². The summed E-state index contributed by atoms with van der Waals surface area (Å²) in [6.45, 7) is 2.41. The van der Waals surface area contributed by atoms with Crippen LogP contribution >= 0.6 is 0 Å². The molecule has 1 heterocycles. The highest BCUT2D eigenvalue weighted by Crippen LogP contribution is 2.27. The van der Waals surface area contributed by atoms with Crippen LogP contribution in [0.1, 0.15) is 18.0 Å². The molecule has 1 aliphatic rings. The summed E-state index contributed by atoms with van der Waals surface area (Å²) in [5, 5.41) is 0. The van der Waals surface area contributed by atoms with Crippen molar-refractivity contribution in [2.45, 2.75) is 18.5 Å². The Hall–Kier alpha value is -0.970. The molecule has 0 bridgehead atoms. The van der Waals surface area contributed by atoms with Gasteiger partial charge in [-0.05, 0) is 26.6 Å². The molecule has 2 atom stereocenters. The van der Waals surface area contributed by atoms with Crippen molar-refractivity contribution in [3.05, 3.63) is 35.6 Å². The first-order valence-corrected chi connectivity index (χ1v) is 6.48. The van der Waals surface area contributed by atoms with Gasteiger partial charge in [0.2, 0.25) is 0 Å². The summed E-state index contributed by atoms with van der Waals surface area (Å²) in [5.74, 6) is -0.152. The second kappa shape index (κ2) is 5.78. The van der Waals surface area contributed by atoms with Crippen LogP contribution in [-0.4, -0.2) is 49.6 Å². The Morgan fingerprint density at radius 3 is 2.72 bits per heavy atom. The molecular formula is C14H22FN3. The number of likely N-dealkylation sites (tertiary alicyclic amines) is 1. The number of benzene rings is 1. The zero-order valence-electron chi connectivity index (χ0n) is 11.1. The van der Waals surface area contributed by atoms with Gasteiger partial charge in [-0.2, -0.15) is 0 Å². The normalized spacial score (nSPS) is 22.6. The van der Waals surface area contributed by atoms with Gasteiger partial charge >= 0.3 is 0 Å². The van der Waals surface area contributed by atoms with Crippen molar-refractivity contribution in [2.24, 2.45) is 5.73 Å². The molecule has 2 rings (SSSR count). The molecule has 2 N–H and O–H groups in total. The number of hydrogen-bond donors (Lipinski definition) is 1. The molecule has 0 saturated carbocycles. The molecule has 1 aliphatic heterocycles. The van der Waals surface area contributed by atoms with E-state index in [0.717, 1.165) is 25.1 Å². The molecular weight excluding hydrogens is 229 g/mol. The molecule has 18 heavy (non-hydrogen) atoms. The van der Waals surface area contributed by atoms with Gasteiger partial charge in [-0.15, -0.1) is 0 Å². The van der Waals surface area contributed by atoms with Gasteiger partial charge in [0.1, 0.15) is 5.82 Å². The highest BCUT2D eigenvalue weighted by molar-refractivity contribution is 5.22. The van der Waals surface area contributed by atoms with Gasteiger partial charge in [0.05, 0.1) is 0 Å². The Balaban J connectivity index is 2.13. The van der Waals surface area contributed by atoms with Gasteiger partial charge in [0.25, 0.3) is 0 Å². The fourth-order valence-corrected chi connectivity index (χ4v) is 2.69. The largest absolute Gasteiger partial charge is 0.329 e. The van der Waals surface area contributed by atoms with Crippen LogP contribution in [0.2, 0.25) is 0 Å². The lowest BCUT2D eigenvalue weighted by atomic mass is 10.1. The molecule has 0 aromatic heterocycles. The first-order valence-electron chi connectivity index (χ1n) is 6.48. The summed E-state index contributed by atoms with van der Waals surface area (Å²) in [5.41, 5.74) is 6.57. The summed E-state index contributed by atoms with van der Waals surface area (Å²) in [4.78, 5) is 4.53. The number of halogens is 1. The quantitative estimate of drug-likeness (QED) is 0.879.